The van der Waals surface area contributed by atoms with E-state index in [1.54, 1.807) is 11.0 Å². The number of hydrogen-bond acceptors (Lipinski definition) is 3. The van der Waals surface area contributed by atoms with Gasteiger partial charge in [-0.3, -0.25) is 14.2 Å². The van der Waals surface area contributed by atoms with Crippen LogP contribution in [0.2, 0.25) is 0 Å². The molecule has 1 aliphatic rings. The lowest BCUT2D eigenvalue weighted by atomic mass is 9.94. The molecule has 0 unspecified atom stereocenters. The molecule has 1 saturated heterocycles. The second-order valence-electron chi connectivity index (χ2n) is 5.37. The third-order valence-electron chi connectivity index (χ3n) is 4.07. The number of carbonyl (C=O) groups excluding carboxylic acids is 1. The summed E-state index contributed by atoms with van der Waals surface area (Å²) in [5.74, 6) is 0.250. The summed E-state index contributed by atoms with van der Waals surface area (Å²) in [6.45, 7) is 0.956. The first-order chi connectivity index (χ1) is 10.2. The van der Waals surface area contributed by atoms with Gasteiger partial charge in [0, 0.05) is 19.3 Å². The Kier molecular flexibility index (Phi) is 3.72. The number of rotatable bonds is 3. The summed E-state index contributed by atoms with van der Waals surface area (Å²) in [7, 11) is 0. The lowest BCUT2D eigenvalue weighted by Gasteiger charge is -2.31. The Bertz CT molecular complexity index is 700. The van der Waals surface area contributed by atoms with E-state index < -0.39 is 0 Å². The maximum Gasteiger partial charge on any atom is 0.325 e. The van der Waals surface area contributed by atoms with Crippen LogP contribution in [-0.2, 0) is 0 Å². The SMILES string of the molecule is O=C(c1ccnc2[nH]c(=O)[nH]c12)N1CCC(CCF)CC1. The van der Waals surface area contributed by atoms with Crippen molar-refractivity contribution in [2.45, 2.75) is 19.3 Å². The molecule has 2 aromatic rings. The largest absolute Gasteiger partial charge is 0.339 e. The second-order valence-corrected chi connectivity index (χ2v) is 5.37. The number of aromatic amines is 2. The van der Waals surface area contributed by atoms with Crippen LogP contribution >= 0.6 is 0 Å². The summed E-state index contributed by atoms with van der Waals surface area (Å²) in [6, 6.07) is 1.61. The number of likely N-dealkylation sites (tertiary alicyclic amines) is 1. The highest BCUT2D eigenvalue weighted by Gasteiger charge is 2.25. The van der Waals surface area contributed by atoms with Crippen molar-refractivity contribution in [1.82, 2.24) is 19.9 Å². The molecule has 3 rings (SSSR count). The fourth-order valence-electron chi connectivity index (χ4n) is 2.86. The molecule has 0 spiro atoms. The van der Waals surface area contributed by atoms with Gasteiger partial charge >= 0.3 is 5.69 Å². The molecule has 0 bridgehead atoms. The molecule has 0 aromatic carbocycles. The first kappa shape index (κ1) is 13.8. The van der Waals surface area contributed by atoms with Gasteiger partial charge in [-0.25, -0.2) is 9.78 Å². The zero-order valence-electron chi connectivity index (χ0n) is 11.6. The highest BCUT2D eigenvalue weighted by Crippen LogP contribution is 2.23. The molecule has 21 heavy (non-hydrogen) atoms. The van der Waals surface area contributed by atoms with E-state index in [1.165, 1.54) is 6.20 Å². The number of fused-ring (bicyclic) bond motifs is 1. The number of piperidine rings is 1. The van der Waals surface area contributed by atoms with Crippen molar-refractivity contribution in [2.75, 3.05) is 19.8 Å². The molecule has 112 valence electrons. The summed E-state index contributed by atoms with van der Waals surface area (Å²) < 4.78 is 12.4. The zero-order chi connectivity index (χ0) is 14.8. The summed E-state index contributed by atoms with van der Waals surface area (Å²) in [5, 5.41) is 0. The first-order valence-corrected chi connectivity index (χ1v) is 7.11. The quantitative estimate of drug-likeness (QED) is 0.898. The predicted octanol–water partition coefficient (Wildman–Crippen LogP) is 1.46. The minimum atomic E-state index is -0.376. The van der Waals surface area contributed by atoms with Gasteiger partial charge in [0.25, 0.3) is 5.91 Å². The molecule has 0 radical (unpaired) electrons. The van der Waals surface area contributed by atoms with Crippen LogP contribution in [0.1, 0.15) is 29.6 Å². The minimum absolute atomic E-state index is 0.114. The van der Waals surface area contributed by atoms with E-state index in [4.69, 9.17) is 0 Å². The average Bonchev–Trinajstić information content (AvgIpc) is 2.87. The van der Waals surface area contributed by atoms with Gasteiger partial charge in [0.1, 0.15) is 0 Å². The molecule has 1 amide bonds. The standard InChI is InChI=1S/C14H17FN4O2/c15-5-1-9-3-7-19(8-4-9)13(20)10-2-6-16-12-11(10)17-14(21)18-12/h2,6,9H,1,3-5,7-8H2,(H2,16,17,18,21). The number of nitrogens with one attached hydrogen (secondary N) is 2. The number of hydrogen-bond donors (Lipinski definition) is 2. The van der Waals surface area contributed by atoms with Crippen LogP contribution in [0, 0.1) is 5.92 Å². The van der Waals surface area contributed by atoms with Gasteiger partial charge in [-0.05, 0) is 31.2 Å². The van der Waals surface area contributed by atoms with Crippen LogP contribution in [0.25, 0.3) is 11.2 Å². The Morgan fingerprint density at radius 2 is 2.14 bits per heavy atom. The number of nitrogens with zero attached hydrogens (tertiary/aromatic N) is 2. The number of alkyl halides is 1. The number of imidazole rings is 1. The first-order valence-electron chi connectivity index (χ1n) is 7.11. The van der Waals surface area contributed by atoms with Crippen LogP contribution < -0.4 is 5.69 Å². The lowest BCUT2D eigenvalue weighted by molar-refractivity contribution is 0.0686. The Hall–Kier alpha value is -2.18. The van der Waals surface area contributed by atoms with Crippen molar-refractivity contribution in [3.05, 3.63) is 28.3 Å². The van der Waals surface area contributed by atoms with Crippen molar-refractivity contribution in [3.8, 4) is 0 Å². The Balaban J connectivity index is 1.80. The third kappa shape index (κ3) is 2.68. The van der Waals surface area contributed by atoms with Crippen molar-refractivity contribution in [3.63, 3.8) is 0 Å². The second kappa shape index (κ2) is 5.67. The van der Waals surface area contributed by atoms with E-state index in [-0.39, 0.29) is 18.3 Å². The van der Waals surface area contributed by atoms with Crippen LogP contribution in [0.3, 0.4) is 0 Å². The van der Waals surface area contributed by atoms with E-state index in [0.29, 0.717) is 42.2 Å². The smallest absolute Gasteiger partial charge is 0.325 e. The van der Waals surface area contributed by atoms with Gasteiger partial charge in [0.05, 0.1) is 17.8 Å². The number of halogens is 1. The topological polar surface area (TPSA) is 81.8 Å². The number of amides is 1. The molecule has 0 atom stereocenters. The summed E-state index contributed by atoms with van der Waals surface area (Å²) in [6.07, 6.45) is 3.74. The Morgan fingerprint density at radius 1 is 1.38 bits per heavy atom. The van der Waals surface area contributed by atoms with E-state index in [0.717, 1.165) is 12.8 Å². The molecule has 6 nitrogen and oxygen atoms in total. The molecule has 1 fully saturated rings. The summed E-state index contributed by atoms with van der Waals surface area (Å²) in [4.78, 5) is 34.9. The third-order valence-corrected chi connectivity index (χ3v) is 4.07. The number of pyridine rings is 1. The number of carbonyl (C=O) groups is 1. The molecule has 2 aromatic heterocycles. The molecular weight excluding hydrogens is 275 g/mol. The lowest BCUT2D eigenvalue weighted by Crippen LogP contribution is -2.38. The van der Waals surface area contributed by atoms with Crippen molar-refractivity contribution < 1.29 is 9.18 Å². The maximum atomic E-state index is 12.6. The van der Waals surface area contributed by atoms with Gasteiger partial charge in [-0.15, -0.1) is 0 Å². The van der Waals surface area contributed by atoms with Crippen LogP contribution in [0.5, 0.6) is 0 Å². The predicted molar refractivity (Wildman–Crippen MR) is 75.9 cm³/mol. The van der Waals surface area contributed by atoms with Gasteiger partial charge in [0.15, 0.2) is 5.65 Å². The van der Waals surface area contributed by atoms with Crippen molar-refractivity contribution in [2.24, 2.45) is 5.92 Å². The molecular formula is C14H17FN4O2. The monoisotopic (exact) mass is 292 g/mol. The average molecular weight is 292 g/mol. The van der Waals surface area contributed by atoms with E-state index >= 15 is 0 Å². The molecule has 0 saturated carbocycles. The van der Waals surface area contributed by atoms with Gasteiger partial charge in [0.2, 0.25) is 0 Å². The minimum Gasteiger partial charge on any atom is -0.339 e. The normalized spacial score (nSPS) is 16.5. The van der Waals surface area contributed by atoms with E-state index in [9.17, 15) is 14.0 Å². The van der Waals surface area contributed by atoms with Crippen LogP contribution in [-0.4, -0.2) is 45.5 Å². The summed E-state index contributed by atoms with van der Waals surface area (Å²) in [5.41, 5.74) is 0.901. The molecule has 7 heteroatoms. The molecule has 0 aliphatic carbocycles. The molecule has 1 aliphatic heterocycles. The molecule has 3 heterocycles. The van der Waals surface area contributed by atoms with Crippen molar-refractivity contribution >= 4 is 17.1 Å². The molecule has 2 N–H and O–H groups in total. The number of H-pyrrole nitrogens is 2. The fourth-order valence-corrected chi connectivity index (χ4v) is 2.86. The van der Waals surface area contributed by atoms with Gasteiger partial charge in [-0.2, -0.15) is 0 Å². The Labute approximate surface area is 120 Å². The highest BCUT2D eigenvalue weighted by atomic mass is 19.1. The van der Waals surface area contributed by atoms with Gasteiger partial charge < -0.3 is 9.88 Å². The van der Waals surface area contributed by atoms with E-state index in [1.807, 2.05) is 0 Å². The van der Waals surface area contributed by atoms with Crippen molar-refractivity contribution in [1.29, 1.82) is 0 Å². The fraction of sp³-hybridized carbons (Fsp3) is 0.500. The highest BCUT2D eigenvalue weighted by molar-refractivity contribution is 6.03. The summed E-state index contributed by atoms with van der Waals surface area (Å²) >= 11 is 0. The number of aromatic nitrogens is 3. The van der Waals surface area contributed by atoms with Gasteiger partial charge in [-0.1, -0.05) is 0 Å². The maximum absolute atomic E-state index is 12.6. The van der Waals surface area contributed by atoms with E-state index in [2.05, 4.69) is 15.0 Å². The Morgan fingerprint density at radius 3 is 2.86 bits per heavy atom. The van der Waals surface area contributed by atoms with Crippen LogP contribution in [0.4, 0.5) is 4.39 Å². The zero-order valence-corrected chi connectivity index (χ0v) is 11.6. The van der Waals surface area contributed by atoms with Crippen LogP contribution in [0.15, 0.2) is 17.1 Å².